The van der Waals surface area contributed by atoms with Crippen LogP contribution in [0.3, 0.4) is 0 Å². The number of carbonyl (C=O) groups is 1. The molecule has 0 aliphatic carbocycles. The summed E-state index contributed by atoms with van der Waals surface area (Å²) in [6.07, 6.45) is 0. The Morgan fingerprint density at radius 3 is 2.00 bits per heavy atom. The topological polar surface area (TPSA) is 110 Å². The molecule has 1 rings (SSSR count). The Kier molecular flexibility index (Phi) is 6.02. The van der Waals surface area contributed by atoms with Gasteiger partial charge >= 0.3 is 0 Å². The smallest absolute Gasteiger partial charge is 0.277 e. The van der Waals surface area contributed by atoms with Crippen LogP contribution in [0.1, 0.15) is 13.8 Å². The molecule has 108 valence electrons. The maximum atomic E-state index is 12.1. The molecule has 0 unspecified atom stereocenters. The van der Waals surface area contributed by atoms with Gasteiger partial charge in [0.05, 0.1) is 5.41 Å². The van der Waals surface area contributed by atoms with Crippen LogP contribution in [0.2, 0.25) is 0 Å². The van der Waals surface area contributed by atoms with E-state index in [1.165, 1.54) is 4.31 Å². The summed E-state index contributed by atoms with van der Waals surface area (Å²) in [4.78, 5) is 13.7. The van der Waals surface area contributed by atoms with Crippen LogP contribution in [0, 0.1) is 5.41 Å². The van der Waals surface area contributed by atoms with Crippen molar-refractivity contribution in [1.29, 1.82) is 0 Å². The van der Waals surface area contributed by atoms with Crippen molar-refractivity contribution >= 4 is 28.5 Å². The van der Waals surface area contributed by atoms with Crippen molar-refractivity contribution in [1.82, 2.24) is 9.21 Å². The third-order valence-corrected chi connectivity index (χ3v) is 4.06. The molecule has 1 amide bonds. The quantitative estimate of drug-likeness (QED) is 0.678. The predicted octanol–water partition coefficient (Wildman–Crippen LogP) is -1.26. The van der Waals surface area contributed by atoms with Crippen LogP contribution in [0.15, 0.2) is 0 Å². The van der Waals surface area contributed by atoms with E-state index in [0.29, 0.717) is 13.1 Å². The van der Waals surface area contributed by atoms with E-state index in [-0.39, 0.29) is 37.9 Å². The minimum atomic E-state index is -3.65. The van der Waals surface area contributed by atoms with Crippen LogP contribution in [-0.4, -0.2) is 56.3 Å². The second kappa shape index (κ2) is 6.16. The molecule has 0 saturated carbocycles. The molecule has 0 atom stereocenters. The molecule has 0 spiro atoms. The molecular formula is C9H21ClN4O3S. The van der Waals surface area contributed by atoms with E-state index < -0.39 is 15.6 Å². The van der Waals surface area contributed by atoms with Gasteiger partial charge in [0.2, 0.25) is 5.91 Å². The van der Waals surface area contributed by atoms with Crippen molar-refractivity contribution in [3.8, 4) is 0 Å². The zero-order valence-corrected chi connectivity index (χ0v) is 12.3. The molecule has 18 heavy (non-hydrogen) atoms. The summed E-state index contributed by atoms with van der Waals surface area (Å²) in [5.74, 6) is -0.0472. The molecule has 9 heteroatoms. The standard InChI is InChI=1S/C9H20N4O3S.ClH/c1-9(2,7-10)8(14)12-3-5-13(6-4-12)17(11,15)16;/h3-7,10H2,1-2H3,(H2,11,15,16);1H. The number of piperazine rings is 1. The number of hydrogen-bond donors (Lipinski definition) is 2. The van der Waals surface area contributed by atoms with Crippen LogP contribution < -0.4 is 10.9 Å². The first kappa shape index (κ1) is 17.6. The molecule has 0 aromatic carbocycles. The summed E-state index contributed by atoms with van der Waals surface area (Å²) in [6.45, 7) is 5.03. The van der Waals surface area contributed by atoms with Crippen LogP contribution in [0.4, 0.5) is 0 Å². The third kappa shape index (κ3) is 4.06. The molecular weight excluding hydrogens is 280 g/mol. The van der Waals surface area contributed by atoms with Crippen molar-refractivity contribution in [2.45, 2.75) is 13.8 Å². The number of carbonyl (C=O) groups excluding carboxylic acids is 1. The number of hydrogen-bond acceptors (Lipinski definition) is 4. The fourth-order valence-electron chi connectivity index (χ4n) is 1.66. The maximum Gasteiger partial charge on any atom is 0.277 e. The van der Waals surface area contributed by atoms with Crippen molar-refractivity contribution in [2.75, 3.05) is 32.7 Å². The Hall–Kier alpha value is -0.410. The van der Waals surface area contributed by atoms with Crippen LogP contribution >= 0.6 is 12.4 Å². The Labute approximate surface area is 114 Å². The van der Waals surface area contributed by atoms with E-state index in [1.807, 2.05) is 0 Å². The Balaban J connectivity index is 0.00000289. The number of amides is 1. The van der Waals surface area contributed by atoms with Gasteiger partial charge in [-0.1, -0.05) is 0 Å². The summed E-state index contributed by atoms with van der Waals surface area (Å²) in [5, 5.41) is 5.02. The molecule has 0 aromatic heterocycles. The van der Waals surface area contributed by atoms with Gasteiger partial charge in [-0.3, -0.25) is 4.79 Å². The lowest BCUT2D eigenvalue weighted by Gasteiger charge is -2.37. The molecule has 0 aromatic rings. The SMILES string of the molecule is CC(C)(CN)C(=O)N1CCN(S(N)(=O)=O)CC1.Cl. The van der Waals surface area contributed by atoms with Crippen molar-refractivity contribution in [3.63, 3.8) is 0 Å². The van der Waals surface area contributed by atoms with Crippen molar-refractivity contribution in [2.24, 2.45) is 16.3 Å². The summed E-state index contributed by atoms with van der Waals surface area (Å²) in [5.41, 5.74) is 4.93. The molecule has 7 nitrogen and oxygen atoms in total. The number of halogens is 1. The average Bonchev–Trinajstić information content (AvgIpc) is 2.27. The monoisotopic (exact) mass is 300 g/mol. The van der Waals surface area contributed by atoms with E-state index >= 15 is 0 Å². The number of nitrogens with two attached hydrogens (primary N) is 2. The highest BCUT2D eigenvalue weighted by atomic mass is 35.5. The fourth-order valence-corrected chi connectivity index (χ4v) is 2.33. The summed E-state index contributed by atoms with van der Waals surface area (Å²) >= 11 is 0. The van der Waals surface area contributed by atoms with Crippen molar-refractivity contribution in [3.05, 3.63) is 0 Å². The normalized spacial score (nSPS) is 18.3. The van der Waals surface area contributed by atoms with Gasteiger partial charge in [0.15, 0.2) is 0 Å². The van der Waals surface area contributed by atoms with Gasteiger partial charge in [-0.05, 0) is 13.8 Å². The lowest BCUT2D eigenvalue weighted by atomic mass is 9.91. The zero-order chi connectivity index (χ0) is 13.3. The van der Waals surface area contributed by atoms with E-state index in [2.05, 4.69) is 0 Å². The molecule has 4 N–H and O–H groups in total. The third-order valence-electron chi connectivity index (χ3n) is 2.98. The first-order chi connectivity index (χ1) is 7.68. The van der Waals surface area contributed by atoms with Gasteiger partial charge in [-0.15, -0.1) is 12.4 Å². The number of rotatable bonds is 3. The summed E-state index contributed by atoms with van der Waals surface area (Å²) in [7, 11) is -3.65. The minimum absolute atomic E-state index is 0. The van der Waals surface area contributed by atoms with Gasteiger partial charge in [0, 0.05) is 32.7 Å². The molecule has 0 bridgehead atoms. The van der Waals surface area contributed by atoms with Crippen LogP contribution in [0.5, 0.6) is 0 Å². The fraction of sp³-hybridized carbons (Fsp3) is 0.889. The second-order valence-corrected chi connectivity index (χ2v) is 6.37. The number of nitrogens with zero attached hydrogens (tertiary/aromatic N) is 2. The highest BCUT2D eigenvalue weighted by Crippen LogP contribution is 2.18. The first-order valence-corrected chi connectivity index (χ1v) is 6.96. The van der Waals surface area contributed by atoms with E-state index in [0.717, 1.165) is 0 Å². The van der Waals surface area contributed by atoms with Crippen molar-refractivity contribution < 1.29 is 13.2 Å². The van der Waals surface area contributed by atoms with Crippen LogP contribution in [0.25, 0.3) is 0 Å². The molecule has 1 heterocycles. The highest BCUT2D eigenvalue weighted by molar-refractivity contribution is 7.86. The molecule has 0 radical (unpaired) electrons. The second-order valence-electron chi connectivity index (χ2n) is 4.82. The summed E-state index contributed by atoms with van der Waals surface area (Å²) in [6, 6.07) is 0. The van der Waals surface area contributed by atoms with E-state index in [4.69, 9.17) is 10.9 Å². The van der Waals surface area contributed by atoms with Gasteiger partial charge in [0.1, 0.15) is 0 Å². The molecule has 1 saturated heterocycles. The van der Waals surface area contributed by atoms with Gasteiger partial charge in [-0.25, -0.2) is 5.14 Å². The lowest BCUT2D eigenvalue weighted by Crippen LogP contribution is -2.55. The lowest BCUT2D eigenvalue weighted by molar-refractivity contribution is -0.141. The zero-order valence-electron chi connectivity index (χ0n) is 10.6. The average molecular weight is 301 g/mol. The Bertz CT molecular complexity index is 391. The maximum absolute atomic E-state index is 12.1. The van der Waals surface area contributed by atoms with Gasteiger partial charge in [0.25, 0.3) is 10.2 Å². The summed E-state index contributed by atoms with van der Waals surface area (Å²) < 4.78 is 23.4. The van der Waals surface area contributed by atoms with Gasteiger partial charge in [-0.2, -0.15) is 12.7 Å². The molecule has 1 fully saturated rings. The first-order valence-electron chi connectivity index (χ1n) is 5.46. The Morgan fingerprint density at radius 2 is 1.67 bits per heavy atom. The minimum Gasteiger partial charge on any atom is -0.340 e. The Morgan fingerprint density at radius 1 is 1.22 bits per heavy atom. The van der Waals surface area contributed by atoms with Crippen LogP contribution in [-0.2, 0) is 15.0 Å². The molecule has 1 aliphatic heterocycles. The largest absolute Gasteiger partial charge is 0.340 e. The predicted molar refractivity (Wildman–Crippen MR) is 71.3 cm³/mol. The van der Waals surface area contributed by atoms with E-state index in [1.54, 1.807) is 18.7 Å². The highest BCUT2D eigenvalue weighted by Gasteiger charge is 2.33. The van der Waals surface area contributed by atoms with Gasteiger partial charge < -0.3 is 10.6 Å². The van der Waals surface area contributed by atoms with E-state index in [9.17, 15) is 13.2 Å². The molecule has 1 aliphatic rings.